The average Bonchev–Trinajstić information content (AvgIpc) is 3.11. The number of nitrogens with one attached hydrogen (secondary N) is 2. The summed E-state index contributed by atoms with van der Waals surface area (Å²) in [5.41, 5.74) is 2.47. The number of aliphatic hydroxyl groups is 1. The van der Waals surface area contributed by atoms with Gasteiger partial charge in [0.05, 0.1) is 25.3 Å². The SMILES string of the molecule is O=C(N[C@@H]1CO[C@H]2[C@@H]1OC[C@H]2O)[C@H]1Cc2ccccc2CN1. The summed E-state index contributed by atoms with van der Waals surface area (Å²) in [5.74, 6) is -0.0336. The van der Waals surface area contributed by atoms with Crippen LogP contribution in [0.25, 0.3) is 0 Å². The maximum Gasteiger partial charge on any atom is 0.237 e. The van der Waals surface area contributed by atoms with Crippen LogP contribution in [0.1, 0.15) is 11.1 Å². The van der Waals surface area contributed by atoms with Crippen molar-refractivity contribution >= 4 is 5.91 Å². The lowest BCUT2D eigenvalue weighted by Crippen LogP contribution is -2.53. The molecule has 0 saturated carbocycles. The van der Waals surface area contributed by atoms with Crippen molar-refractivity contribution < 1.29 is 19.4 Å². The lowest BCUT2D eigenvalue weighted by molar-refractivity contribution is -0.124. The lowest BCUT2D eigenvalue weighted by Gasteiger charge is -2.27. The molecular formula is C16H20N2O4. The van der Waals surface area contributed by atoms with E-state index in [0.717, 1.165) is 0 Å². The Kier molecular flexibility index (Phi) is 3.62. The molecule has 2 saturated heterocycles. The molecule has 0 spiro atoms. The van der Waals surface area contributed by atoms with Gasteiger partial charge in [-0.2, -0.15) is 0 Å². The number of hydrogen-bond acceptors (Lipinski definition) is 5. The summed E-state index contributed by atoms with van der Waals surface area (Å²) in [6, 6.07) is 7.75. The smallest absolute Gasteiger partial charge is 0.237 e. The van der Waals surface area contributed by atoms with E-state index in [0.29, 0.717) is 19.6 Å². The van der Waals surface area contributed by atoms with Crippen molar-refractivity contribution in [1.29, 1.82) is 0 Å². The lowest BCUT2D eigenvalue weighted by atomic mass is 9.95. The quantitative estimate of drug-likeness (QED) is 0.676. The van der Waals surface area contributed by atoms with Gasteiger partial charge in [0.2, 0.25) is 5.91 Å². The number of amides is 1. The number of aliphatic hydroxyl groups excluding tert-OH is 1. The third-order valence-corrected chi connectivity index (χ3v) is 4.75. The van der Waals surface area contributed by atoms with E-state index in [-0.39, 0.29) is 36.8 Å². The summed E-state index contributed by atoms with van der Waals surface area (Å²) in [6.45, 7) is 1.37. The molecule has 22 heavy (non-hydrogen) atoms. The zero-order chi connectivity index (χ0) is 15.1. The Morgan fingerprint density at radius 2 is 1.95 bits per heavy atom. The molecule has 0 aliphatic carbocycles. The Labute approximate surface area is 128 Å². The molecule has 3 N–H and O–H groups in total. The van der Waals surface area contributed by atoms with Gasteiger partial charge >= 0.3 is 0 Å². The first-order chi connectivity index (χ1) is 10.7. The summed E-state index contributed by atoms with van der Waals surface area (Å²) in [5, 5.41) is 16.0. The van der Waals surface area contributed by atoms with Gasteiger partial charge in [-0.15, -0.1) is 0 Å². The molecule has 1 aromatic rings. The monoisotopic (exact) mass is 304 g/mol. The van der Waals surface area contributed by atoms with Gasteiger partial charge in [0.25, 0.3) is 0 Å². The first-order valence-corrected chi connectivity index (χ1v) is 7.74. The number of benzene rings is 1. The van der Waals surface area contributed by atoms with E-state index in [9.17, 15) is 9.90 Å². The van der Waals surface area contributed by atoms with Crippen molar-refractivity contribution in [1.82, 2.24) is 10.6 Å². The van der Waals surface area contributed by atoms with Gasteiger partial charge in [0.15, 0.2) is 0 Å². The van der Waals surface area contributed by atoms with Crippen molar-refractivity contribution in [3.05, 3.63) is 35.4 Å². The van der Waals surface area contributed by atoms with Gasteiger partial charge in [-0.3, -0.25) is 4.79 Å². The third-order valence-electron chi connectivity index (χ3n) is 4.75. The second kappa shape index (κ2) is 5.62. The highest BCUT2D eigenvalue weighted by molar-refractivity contribution is 5.82. The molecule has 3 aliphatic rings. The largest absolute Gasteiger partial charge is 0.388 e. The highest BCUT2D eigenvalue weighted by Gasteiger charge is 2.47. The molecule has 2 fully saturated rings. The van der Waals surface area contributed by atoms with Crippen molar-refractivity contribution in [3.8, 4) is 0 Å². The van der Waals surface area contributed by atoms with E-state index < -0.39 is 6.10 Å². The number of rotatable bonds is 2. The predicted molar refractivity (Wildman–Crippen MR) is 78.2 cm³/mol. The molecule has 0 radical (unpaired) electrons. The minimum atomic E-state index is -0.591. The van der Waals surface area contributed by atoms with Gasteiger partial charge in [0, 0.05) is 6.54 Å². The fourth-order valence-corrected chi connectivity index (χ4v) is 3.53. The number of ether oxygens (including phenoxy) is 2. The minimum Gasteiger partial charge on any atom is -0.388 e. The van der Waals surface area contributed by atoms with Crippen LogP contribution in [-0.2, 0) is 27.2 Å². The van der Waals surface area contributed by atoms with Crippen LogP contribution >= 0.6 is 0 Å². The number of fused-ring (bicyclic) bond motifs is 2. The van der Waals surface area contributed by atoms with E-state index in [4.69, 9.17) is 9.47 Å². The normalized spacial score (nSPS) is 36.7. The van der Waals surface area contributed by atoms with E-state index in [1.807, 2.05) is 12.1 Å². The Balaban J connectivity index is 1.39. The molecule has 3 aliphatic heterocycles. The third kappa shape index (κ3) is 2.42. The zero-order valence-electron chi connectivity index (χ0n) is 12.2. The molecule has 1 aromatic carbocycles. The molecule has 0 aromatic heterocycles. The maximum atomic E-state index is 12.5. The molecule has 5 atom stereocenters. The van der Waals surface area contributed by atoms with Gasteiger partial charge in [0.1, 0.15) is 18.3 Å². The molecule has 3 heterocycles. The van der Waals surface area contributed by atoms with Crippen LogP contribution in [0, 0.1) is 0 Å². The van der Waals surface area contributed by atoms with Gasteiger partial charge in [-0.25, -0.2) is 0 Å². The second-order valence-corrected chi connectivity index (χ2v) is 6.18. The number of hydrogen-bond donors (Lipinski definition) is 3. The Morgan fingerprint density at radius 3 is 2.82 bits per heavy atom. The molecule has 4 rings (SSSR count). The molecule has 6 heteroatoms. The standard InChI is InChI=1S/C16H20N2O4/c19-13-8-22-14-12(7-21-15(13)14)18-16(20)11-5-9-3-1-2-4-10(9)6-17-11/h1-4,11-15,17,19H,5-8H2,(H,18,20)/t11-,12-,13-,14-,15-/m1/s1. The summed E-state index contributed by atoms with van der Waals surface area (Å²) in [6.07, 6.45) is -0.459. The first kappa shape index (κ1) is 14.1. The van der Waals surface area contributed by atoms with Crippen LogP contribution in [0.2, 0.25) is 0 Å². The first-order valence-electron chi connectivity index (χ1n) is 7.74. The van der Waals surface area contributed by atoms with Crippen LogP contribution < -0.4 is 10.6 Å². The van der Waals surface area contributed by atoms with Gasteiger partial charge < -0.3 is 25.2 Å². The Bertz CT molecular complexity index is 579. The summed E-state index contributed by atoms with van der Waals surface area (Å²) >= 11 is 0. The summed E-state index contributed by atoms with van der Waals surface area (Å²) < 4.78 is 11.1. The van der Waals surface area contributed by atoms with Gasteiger partial charge in [-0.05, 0) is 17.5 Å². The molecule has 1 amide bonds. The average molecular weight is 304 g/mol. The van der Waals surface area contributed by atoms with E-state index >= 15 is 0 Å². The van der Waals surface area contributed by atoms with Crippen LogP contribution in [-0.4, -0.2) is 54.6 Å². The Hall–Kier alpha value is -1.47. The van der Waals surface area contributed by atoms with Crippen molar-refractivity contribution in [2.45, 2.75) is 43.4 Å². The minimum absolute atomic E-state index is 0.0336. The maximum absolute atomic E-state index is 12.5. The van der Waals surface area contributed by atoms with E-state index in [1.165, 1.54) is 11.1 Å². The molecule has 6 nitrogen and oxygen atoms in total. The predicted octanol–water partition coefficient (Wildman–Crippen LogP) is -0.656. The highest BCUT2D eigenvalue weighted by Crippen LogP contribution is 2.27. The molecule has 0 unspecified atom stereocenters. The van der Waals surface area contributed by atoms with Crippen LogP contribution in [0.15, 0.2) is 24.3 Å². The molecular weight excluding hydrogens is 284 g/mol. The summed E-state index contributed by atoms with van der Waals surface area (Å²) in [4.78, 5) is 12.5. The van der Waals surface area contributed by atoms with Crippen molar-refractivity contribution in [2.24, 2.45) is 0 Å². The van der Waals surface area contributed by atoms with E-state index in [2.05, 4.69) is 22.8 Å². The van der Waals surface area contributed by atoms with Gasteiger partial charge in [-0.1, -0.05) is 24.3 Å². The van der Waals surface area contributed by atoms with Crippen LogP contribution in [0.5, 0.6) is 0 Å². The molecule has 0 bridgehead atoms. The van der Waals surface area contributed by atoms with E-state index in [1.54, 1.807) is 0 Å². The number of carbonyl (C=O) groups excluding carboxylic acids is 1. The zero-order valence-corrected chi connectivity index (χ0v) is 12.2. The van der Waals surface area contributed by atoms with Crippen LogP contribution in [0.4, 0.5) is 0 Å². The fourth-order valence-electron chi connectivity index (χ4n) is 3.53. The van der Waals surface area contributed by atoms with Crippen LogP contribution in [0.3, 0.4) is 0 Å². The van der Waals surface area contributed by atoms with Crippen molar-refractivity contribution in [2.75, 3.05) is 13.2 Å². The highest BCUT2D eigenvalue weighted by atomic mass is 16.6. The van der Waals surface area contributed by atoms with Crippen molar-refractivity contribution in [3.63, 3.8) is 0 Å². The topological polar surface area (TPSA) is 79.8 Å². The Morgan fingerprint density at radius 1 is 1.18 bits per heavy atom. The number of carbonyl (C=O) groups is 1. The fraction of sp³-hybridized carbons (Fsp3) is 0.562. The molecule has 118 valence electrons. The second-order valence-electron chi connectivity index (χ2n) is 6.18. The summed E-state index contributed by atoms with van der Waals surface area (Å²) in [7, 11) is 0.